The van der Waals surface area contributed by atoms with E-state index in [1.807, 2.05) is 0 Å². The summed E-state index contributed by atoms with van der Waals surface area (Å²) in [5.74, 6) is 0. The van der Waals surface area contributed by atoms with Crippen LogP contribution in [0.2, 0.25) is 5.04 Å². The fourth-order valence-electron chi connectivity index (χ4n) is 3.84. The van der Waals surface area contributed by atoms with E-state index in [0.717, 1.165) is 13.0 Å². The van der Waals surface area contributed by atoms with Crippen molar-refractivity contribution in [3.05, 3.63) is 72.9 Å². The van der Waals surface area contributed by atoms with E-state index in [-0.39, 0.29) is 5.04 Å². The molecule has 1 atom stereocenters. The fraction of sp³-hybridized carbons (Fsp3) is 0.333. The summed E-state index contributed by atoms with van der Waals surface area (Å²) in [5, 5.41) is 2.74. The second kappa shape index (κ2) is 7.22. The van der Waals surface area contributed by atoms with Gasteiger partial charge in [0.25, 0.3) is 8.32 Å². The Balaban J connectivity index is 2.05. The summed E-state index contributed by atoms with van der Waals surface area (Å²) >= 11 is 0. The molecule has 0 radical (unpaired) electrons. The molecule has 1 heterocycles. The Morgan fingerprint density at radius 1 is 1.00 bits per heavy atom. The van der Waals surface area contributed by atoms with Gasteiger partial charge in [-0.3, -0.25) is 0 Å². The minimum atomic E-state index is -2.40. The van der Waals surface area contributed by atoms with Gasteiger partial charge < -0.3 is 9.24 Å². The topological polar surface area (TPSA) is 12.5 Å². The smallest absolute Gasteiger partial charge is 0.261 e. The van der Waals surface area contributed by atoms with Gasteiger partial charge in [-0.2, -0.15) is 0 Å². The van der Waals surface area contributed by atoms with Crippen molar-refractivity contribution >= 4 is 26.7 Å². The molecule has 2 aromatic carbocycles. The standard InChI is InChI=1S/C21H28BNOSi/c1-21(2,3)25(19-12-6-4-7-13-19,20-14-8-5-9-15-20)24-17-18-11-10-16-23(18)22/h4-10,12-16,18H,11,17,22H2,1-3H3/t18-/m0/s1. The van der Waals surface area contributed by atoms with Crippen LogP contribution in [0.5, 0.6) is 0 Å². The Kier molecular flexibility index (Phi) is 5.21. The first kappa shape index (κ1) is 18.0. The minimum absolute atomic E-state index is 0.0420. The molecule has 0 aliphatic carbocycles. The maximum Gasteiger partial charge on any atom is 0.261 e. The summed E-state index contributed by atoms with van der Waals surface area (Å²) in [6, 6.07) is 22.2. The maximum absolute atomic E-state index is 6.98. The predicted molar refractivity (Wildman–Crippen MR) is 112 cm³/mol. The molecule has 130 valence electrons. The van der Waals surface area contributed by atoms with Gasteiger partial charge in [0.1, 0.15) is 0 Å². The van der Waals surface area contributed by atoms with E-state index in [0.29, 0.717) is 6.04 Å². The van der Waals surface area contributed by atoms with Crippen molar-refractivity contribution in [1.29, 1.82) is 0 Å². The lowest BCUT2D eigenvalue weighted by atomic mass is 10.2. The molecule has 1 aliphatic heterocycles. The van der Waals surface area contributed by atoms with Gasteiger partial charge in [-0.25, -0.2) is 0 Å². The third-order valence-corrected chi connectivity index (χ3v) is 10.2. The highest BCUT2D eigenvalue weighted by Gasteiger charge is 2.50. The highest BCUT2D eigenvalue weighted by atomic mass is 28.4. The van der Waals surface area contributed by atoms with E-state index >= 15 is 0 Å². The molecule has 0 spiro atoms. The summed E-state index contributed by atoms with van der Waals surface area (Å²) in [5.41, 5.74) is 0. The van der Waals surface area contributed by atoms with Crippen LogP contribution in [-0.4, -0.2) is 33.8 Å². The first-order valence-electron chi connectivity index (χ1n) is 9.09. The Labute approximate surface area is 154 Å². The lowest BCUT2D eigenvalue weighted by Crippen LogP contribution is -2.67. The van der Waals surface area contributed by atoms with E-state index in [1.165, 1.54) is 10.4 Å². The van der Waals surface area contributed by atoms with Crippen LogP contribution in [0.1, 0.15) is 27.2 Å². The summed E-state index contributed by atoms with van der Waals surface area (Å²) in [7, 11) is -0.259. The van der Waals surface area contributed by atoms with Gasteiger partial charge in [0.2, 0.25) is 7.98 Å². The van der Waals surface area contributed by atoms with Gasteiger partial charge in [-0.15, -0.1) is 0 Å². The van der Waals surface area contributed by atoms with E-state index in [4.69, 9.17) is 4.43 Å². The summed E-state index contributed by atoms with van der Waals surface area (Å²) in [6.07, 6.45) is 5.47. The first-order chi connectivity index (χ1) is 11.9. The highest BCUT2D eigenvalue weighted by molar-refractivity contribution is 6.99. The molecule has 0 saturated heterocycles. The molecule has 25 heavy (non-hydrogen) atoms. The van der Waals surface area contributed by atoms with Crippen LogP contribution in [0.15, 0.2) is 72.9 Å². The monoisotopic (exact) mass is 349 g/mol. The molecule has 0 fully saturated rings. The van der Waals surface area contributed by atoms with Gasteiger partial charge >= 0.3 is 0 Å². The molecule has 4 heteroatoms. The number of benzene rings is 2. The lowest BCUT2D eigenvalue weighted by molar-refractivity contribution is 0.232. The van der Waals surface area contributed by atoms with Crippen LogP contribution in [0.3, 0.4) is 0 Å². The summed E-state index contributed by atoms with van der Waals surface area (Å²) in [6.45, 7) is 7.75. The second-order valence-electron chi connectivity index (χ2n) is 7.91. The van der Waals surface area contributed by atoms with E-state index in [9.17, 15) is 0 Å². The SMILES string of the molecule is BN1C=CC[C@H]1CO[Si](c1ccccc1)(c1ccccc1)C(C)(C)C. The van der Waals surface area contributed by atoms with Crippen LogP contribution in [-0.2, 0) is 4.43 Å². The highest BCUT2D eigenvalue weighted by Crippen LogP contribution is 2.37. The molecule has 0 amide bonds. The fourth-order valence-corrected chi connectivity index (χ4v) is 8.44. The van der Waals surface area contributed by atoms with Crippen molar-refractivity contribution in [1.82, 2.24) is 4.81 Å². The molecule has 2 nitrogen and oxygen atoms in total. The van der Waals surface area contributed by atoms with Crippen molar-refractivity contribution in [2.24, 2.45) is 0 Å². The van der Waals surface area contributed by atoms with Crippen molar-refractivity contribution in [2.45, 2.75) is 38.3 Å². The van der Waals surface area contributed by atoms with Crippen molar-refractivity contribution in [2.75, 3.05) is 6.61 Å². The Bertz CT molecular complexity index is 672. The van der Waals surface area contributed by atoms with Crippen molar-refractivity contribution in [3.63, 3.8) is 0 Å². The zero-order valence-corrected chi connectivity index (χ0v) is 16.8. The molecule has 0 aromatic heterocycles. The zero-order chi connectivity index (χ0) is 17.9. The molecule has 1 aliphatic rings. The third kappa shape index (κ3) is 3.46. The average molecular weight is 349 g/mol. The third-order valence-electron chi connectivity index (χ3n) is 5.23. The van der Waals surface area contributed by atoms with E-state index in [2.05, 4.69) is 107 Å². The van der Waals surface area contributed by atoms with Crippen LogP contribution < -0.4 is 10.4 Å². The molecule has 0 saturated carbocycles. The summed E-state index contributed by atoms with van der Waals surface area (Å²) in [4.78, 5) is 2.28. The lowest BCUT2D eigenvalue weighted by Gasteiger charge is -2.44. The van der Waals surface area contributed by atoms with Crippen molar-refractivity contribution < 1.29 is 4.43 Å². The number of hydrogen-bond acceptors (Lipinski definition) is 2. The van der Waals surface area contributed by atoms with Gasteiger partial charge in [0.05, 0.1) is 6.61 Å². The van der Waals surface area contributed by atoms with Crippen LogP contribution in [0.4, 0.5) is 0 Å². The molecular weight excluding hydrogens is 321 g/mol. The van der Waals surface area contributed by atoms with Gasteiger partial charge in [0, 0.05) is 6.04 Å². The Morgan fingerprint density at radius 2 is 1.52 bits per heavy atom. The first-order valence-corrected chi connectivity index (χ1v) is 11.0. The van der Waals surface area contributed by atoms with Gasteiger partial charge in [-0.05, 0) is 28.0 Å². The minimum Gasteiger partial charge on any atom is -0.423 e. The largest absolute Gasteiger partial charge is 0.423 e. The zero-order valence-electron chi connectivity index (χ0n) is 15.8. The number of hydrogen-bond donors (Lipinski definition) is 0. The van der Waals surface area contributed by atoms with E-state index in [1.54, 1.807) is 0 Å². The molecule has 0 N–H and O–H groups in total. The molecule has 3 rings (SSSR count). The Hall–Kier alpha value is -1.78. The van der Waals surface area contributed by atoms with Gasteiger partial charge in [0.15, 0.2) is 0 Å². The molecular formula is C21H28BNOSi. The number of nitrogens with zero attached hydrogens (tertiary/aromatic N) is 1. The molecule has 0 bridgehead atoms. The average Bonchev–Trinajstić information content (AvgIpc) is 3.01. The van der Waals surface area contributed by atoms with Crippen molar-refractivity contribution in [3.8, 4) is 0 Å². The van der Waals surface area contributed by atoms with Crippen LogP contribution >= 0.6 is 0 Å². The van der Waals surface area contributed by atoms with Crippen LogP contribution in [0.25, 0.3) is 0 Å². The molecule has 0 unspecified atom stereocenters. The maximum atomic E-state index is 6.98. The summed E-state index contributed by atoms with van der Waals surface area (Å²) < 4.78 is 6.98. The quantitative estimate of drug-likeness (QED) is 0.770. The second-order valence-corrected chi connectivity index (χ2v) is 12.2. The normalized spacial score (nSPS) is 17.9. The van der Waals surface area contributed by atoms with E-state index < -0.39 is 8.32 Å². The number of rotatable bonds is 5. The van der Waals surface area contributed by atoms with Gasteiger partial charge in [-0.1, -0.05) is 87.5 Å². The Morgan fingerprint density at radius 3 is 1.92 bits per heavy atom. The molecule has 2 aromatic rings. The predicted octanol–water partition coefficient (Wildman–Crippen LogP) is 2.70. The van der Waals surface area contributed by atoms with Crippen LogP contribution in [0, 0.1) is 0 Å².